The quantitative estimate of drug-likeness (QED) is 0.891. The molecule has 0 aliphatic heterocycles. The number of hydrogen-bond acceptors (Lipinski definition) is 4. The van der Waals surface area contributed by atoms with Gasteiger partial charge in [-0.25, -0.2) is 9.97 Å². The van der Waals surface area contributed by atoms with Gasteiger partial charge in [-0.1, -0.05) is 18.2 Å². The van der Waals surface area contributed by atoms with Crippen LogP contribution in [0.3, 0.4) is 0 Å². The lowest BCUT2D eigenvalue weighted by Crippen LogP contribution is -2.15. The van der Waals surface area contributed by atoms with E-state index in [9.17, 15) is 0 Å². The Balaban J connectivity index is 1.84. The first-order chi connectivity index (χ1) is 9.36. The molecule has 1 aliphatic carbocycles. The molecule has 1 aromatic heterocycles. The highest BCUT2D eigenvalue weighted by molar-refractivity contribution is 5.64. The summed E-state index contributed by atoms with van der Waals surface area (Å²) in [6.45, 7) is 0.904. The average Bonchev–Trinajstić information content (AvgIpc) is 3.29. The Labute approximate surface area is 112 Å². The van der Waals surface area contributed by atoms with Crippen molar-refractivity contribution in [1.29, 1.82) is 0 Å². The van der Waals surface area contributed by atoms with E-state index in [4.69, 9.17) is 4.74 Å². The van der Waals surface area contributed by atoms with Crippen molar-refractivity contribution >= 4 is 0 Å². The zero-order valence-corrected chi connectivity index (χ0v) is 11.0. The SMILES string of the molecule is COc1nccnc1-c1cccc(CNC2CC2)c1. The van der Waals surface area contributed by atoms with E-state index in [2.05, 4.69) is 27.4 Å². The summed E-state index contributed by atoms with van der Waals surface area (Å²) in [4.78, 5) is 8.55. The maximum absolute atomic E-state index is 5.26. The molecule has 0 radical (unpaired) electrons. The van der Waals surface area contributed by atoms with E-state index in [0.717, 1.165) is 23.8 Å². The van der Waals surface area contributed by atoms with Crippen LogP contribution in [0.15, 0.2) is 36.7 Å². The Morgan fingerprint density at radius 3 is 2.89 bits per heavy atom. The fourth-order valence-corrected chi connectivity index (χ4v) is 2.05. The number of methoxy groups -OCH3 is 1. The van der Waals surface area contributed by atoms with E-state index in [-0.39, 0.29) is 0 Å². The van der Waals surface area contributed by atoms with Crippen LogP contribution in [0.2, 0.25) is 0 Å². The molecule has 0 bridgehead atoms. The molecule has 0 spiro atoms. The summed E-state index contributed by atoms with van der Waals surface area (Å²) >= 11 is 0. The molecule has 1 fully saturated rings. The van der Waals surface area contributed by atoms with Gasteiger partial charge in [0.25, 0.3) is 0 Å². The van der Waals surface area contributed by atoms with Gasteiger partial charge < -0.3 is 10.1 Å². The summed E-state index contributed by atoms with van der Waals surface area (Å²) in [5.74, 6) is 0.565. The van der Waals surface area contributed by atoms with Crippen molar-refractivity contribution in [2.45, 2.75) is 25.4 Å². The molecule has 4 heteroatoms. The van der Waals surface area contributed by atoms with Crippen LogP contribution < -0.4 is 10.1 Å². The fraction of sp³-hybridized carbons (Fsp3) is 0.333. The van der Waals surface area contributed by atoms with Gasteiger partial charge in [0.05, 0.1) is 7.11 Å². The van der Waals surface area contributed by atoms with Gasteiger partial charge in [-0.3, -0.25) is 0 Å². The van der Waals surface area contributed by atoms with Crippen molar-refractivity contribution in [3.05, 3.63) is 42.2 Å². The normalized spacial score (nSPS) is 14.4. The predicted molar refractivity (Wildman–Crippen MR) is 73.9 cm³/mol. The van der Waals surface area contributed by atoms with E-state index < -0.39 is 0 Å². The van der Waals surface area contributed by atoms with Crippen LogP contribution in [0.4, 0.5) is 0 Å². The maximum atomic E-state index is 5.26. The summed E-state index contributed by atoms with van der Waals surface area (Å²) in [7, 11) is 1.62. The first-order valence-electron chi connectivity index (χ1n) is 6.54. The molecule has 4 nitrogen and oxygen atoms in total. The van der Waals surface area contributed by atoms with E-state index in [0.29, 0.717) is 5.88 Å². The summed E-state index contributed by atoms with van der Waals surface area (Å²) in [6.07, 6.45) is 5.93. The van der Waals surface area contributed by atoms with Gasteiger partial charge in [-0.05, 0) is 24.5 Å². The molecule has 3 rings (SSSR count). The predicted octanol–water partition coefficient (Wildman–Crippen LogP) is 2.40. The molecule has 0 saturated heterocycles. The molecule has 98 valence electrons. The van der Waals surface area contributed by atoms with Crippen LogP contribution in [0.1, 0.15) is 18.4 Å². The van der Waals surface area contributed by atoms with E-state index in [1.165, 1.54) is 18.4 Å². The second-order valence-electron chi connectivity index (χ2n) is 4.77. The minimum absolute atomic E-state index is 0.565. The van der Waals surface area contributed by atoms with Gasteiger partial charge >= 0.3 is 0 Å². The first-order valence-corrected chi connectivity index (χ1v) is 6.54. The molecule has 0 unspecified atom stereocenters. The molecular formula is C15H17N3O. The smallest absolute Gasteiger partial charge is 0.240 e. The fourth-order valence-electron chi connectivity index (χ4n) is 2.05. The highest BCUT2D eigenvalue weighted by Gasteiger charge is 2.20. The monoisotopic (exact) mass is 255 g/mol. The molecule has 0 atom stereocenters. The standard InChI is InChI=1S/C15H17N3O/c1-19-15-14(16-7-8-17-15)12-4-2-3-11(9-12)10-18-13-5-6-13/h2-4,7-9,13,18H,5-6,10H2,1H3. The number of rotatable bonds is 5. The van der Waals surface area contributed by atoms with Gasteiger partial charge in [0, 0.05) is 30.5 Å². The third kappa shape index (κ3) is 2.90. The summed E-state index contributed by atoms with van der Waals surface area (Å²) < 4.78 is 5.26. The summed E-state index contributed by atoms with van der Waals surface area (Å²) in [5, 5.41) is 3.51. The van der Waals surface area contributed by atoms with Crippen LogP contribution in [-0.4, -0.2) is 23.1 Å². The second kappa shape index (κ2) is 5.36. The van der Waals surface area contributed by atoms with Crippen molar-refractivity contribution in [2.24, 2.45) is 0 Å². The highest BCUT2D eigenvalue weighted by Crippen LogP contribution is 2.26. The van der Waals surface area contributed by atoms with Gasteiger partial charge in [-0.2, -0.15) is 0 Å². The Morgan fingerprint density at radius 1 is 1.26 bits per heavy atom. The molecule has 1 aromatic carbocycles. The topological polar surface area (TPSA) is 47.0 Å². The number of hydrogen-bond donors (Lipinski definition) is 1. The molecule has 1 saturated carbocycles. The number of nitrogens with one attached hydrogen (secondary N) is 1. The Hall–Kier alpha value is -1.94. The average molecular weight is 255 g/mol. The third-order valence-electron chi connectivity index (χ3n) is 3.23. The zero-order chi connectivity index (χ0) is 13.1. The van der Waals surface area contributed by atoms with Crippen LogP contribution in [0, 0.1) is 0 Å². The lowest BCUT2D eigenvalue weighted by Gasteiger charge is -2.08. The molecule has 0 amide bonds. The van der Waals surface area contributed by atoms with Gasteiger partial charge in [-0.15, -0.1) is 0 Å². The maximum Gasteiger partial charge on any atom is 0.240 e. The number of ether oxygens (including phenoxy) is 1. The Morgan fingerprint density at radius 2 is 2.11 bits per heavy atom. The van der Waals surface area contributed by atoms with Gasteiger partial charge in [0.15, 0.2) is 0 Å². The lowest BCUT2D eigenvalue weighted by molar-refractivity contribution is 0.398. The van der Waals surface area contributed by atoms with Crippen LogP contribution >= 0.6 is 0 Å². The van der Waals surface area contributed by atoms with Crippen LogP contribution in [0.25, 0.3) is 11.3 Å². The molecule has 1 N–H and O–H groups in total. The largest absolute Gasteiger partial charge is 0.479 e. The van der Waals surface area contributed by atoms with Gasteiger partial charge in [0.1, 0.15) is 5.69 Å². The zero-order valence-electron chi connectivity index (χ0n) is 11.0. The van der Waals surface area contributed by atoms with Crippen molar-refractivity contribution in [2.75, 3.05) is 7.11 Å². The molecule has 2 aromatic rings. The van der Waals surface area contributed by atoms with E-state index >= 15 is 0 Å². The van der Waals surface area contributed by atoms with Gasteiger partial charge in [0.2, 0.25) is 5.88 Å². The molecule has 1 aliphatic rings. The molecular weight excluding hydrogens is 238 g/mol. The summed E-state index contributed by atoms with van der Waals surface area (Å²) in [6, 6.07) is 9.07. The van der Waals surface area contributed by atoms with Crippen molar-refractivity contribution in [1.82, 2.24) is 15.3 Å². The lowest BCUT2D eigenvalue weighted by atomic mass is 10.1. The highest BCUT2D eigenvalue weighted by atomic mass is 16.5. The van der Waals surface area contributed by atoms with E-state index in [1.807, 2.05) is 12.1 Å². The Kier molecular flexibility index (Phi) is 3.42. The van der Waals surface area contributed by atoms with Crippen molar-refractivity contribution < 1.29 is 4.74 Å². The van der Waals surface area contributed by atoms with E-state index in [1.54, 1.807) is 19.5 Å². The number of nitrogens with zero attached hydrogens (tertiary/aromatic N) is 2. The van der Waals surface area contributed by atoms with Crippen LogP contribution in [-0.2, 0) is 6.54 Å². The number of benzene rings is 1. The minimum Gasteiger partial charge on any atom is -0.479 e. The molecule has 1 heterocycles. The molecule has 19 heavy (non-hydrogen) atoms. The van der Waals surface area contributed by atoms with Crippen molar-refractivity contribution in [3.63, 3.8) is 0 Å². The minimum atomic E-state index is 0.565. The number of aromatic nitrogens is 2. The van der Waals surface area contributed by atoms with Crippen molar-refractivity contribution in [3.8, 4) is 17.1 Å². The van der Waals surface area contributed by atoms with Crippen LogP contribution in [0.5, 0.6) is 5.88 Å². The second-order valence-corrected chi connectivity index (χ2v) is 4.77. The third-order valence-corrected chi connectivity index (χ3v) is 3.23. The Bertz CT molecular complexity index is 567. The first kappa shape index (κ1) is 12.1. The summed E-state index contributed by atoms with van der Waals surface area (Å²) in [5.41, 5.74) is 3.09.